The van der Waals surface area contributed by atoms with E-state index in [1.165, 1.54) is 12.1 Å². The minimum Gasteiger partial charge on any atom is -0.312 e. The summed E-state index contributed by atoms with van der Waals surface area (Å²) in [5.74, 6) is -2.48. The molecule has 2 N–H and O–H groups in total. The second-order valence-electron chi connectivity index (χ2n) is 5.16. The van der Waals surface area contributed by atoms with Crippen molar-refractivity contribution in [2.75, 3.05) is 16.8 Å². The summed E-state index contributed by atoms with van der Waals surface area (Å²) in [4.78, 5) is 28.6. The number of H-pyrrole nitrogens is 1. The van der Waals surface area contributed by atoms with Crippen molar-refractivity contribution in [1.82, 2.24) is 15.2 Å². The van der Waals surface area contributed by atoms with Crippen LogP contribution in [-0.2, 0) is 11.0 Å². The van der Waals surface area contributed by atoms with Gasteiger partial charge in [0, 0.05) is 24.2 Å². The highest BCUT2D eigenvalue weighted by Gasteiger charge is 2.35. The first kappa shape index (κ1) is 16.0. The number of carbonyl (C=O) groups excluding carboxylic acids is 2. The molecule has 0 saturated carbocycles. The van der Waals surface area contributed by atoms with Crippen LogP contribution in [-0.4, -0.2) is 33.5 Å². The van der Waals surface area contributed by atoms with Crippen molar-refractivity contribution in [1.29, 1.82) is 0 Å². The first-order chi connectivity index (χ1) is 11.3. The van der Waals surface area contributed by atoms with Gasteiger partial charge in [0.2, 0.25) is 17.7 Å². The molecule has 0 spiro atoms. The van der Waals surface area contributed by atoms with Crippen molar-refractivity contribution < 1.29 is 22.8 Å². The monoisotopic (exact) mass is 339 g/mol. The number of aromatic amines is 1. The van der Waals surface area contributed by atoms with Gasteiger partial charge in [0.25, 0.3) is 5.91 Å². The van der Waals surface area contributed by atoms with Crippen molar-refractivity contribution in [2.45, 2.75) is 19.0 Å². The summed E-state index contributed by atoms with van der Waals surface area (Å²) < 4.78 is 37.3. The Morgan fingerprint density at radius 1 is 1.33 bits per heavy atom. The van der Waals surface area contributed by atoms with E-state index in [0.717, 1.165) is 6.42 Å². The lowest BCUT2D eigenvalue weighted by molar-refractivity contribution is -0.144. The molecule has 2 aromatic rings. The molecule has 126 valence electrons. The van der Waals surface area contributed by atoms with Crippen LogP contribution in [0.15, 0.2) is 24.3 Å². The molecule has 0 atom stereocenters. The van der Waals surface area contributed by atoms with E-state index in [4.69, 9.17) is 0 Å². The van der Waals surface area contributed by atoms with E-state index >= 15 is 0 Å². The lowest BCUT2D eigenvalue weighted by atomic mass is 10.2. The number of hydrogen-bond acceptors (Lipinski definition) is 4. The number of nitrogens with one attached hydrogen (secondary N) is 2. The minimum atomic E-state index is -4.67. The lowest BCUT2D eigenvalue weighted by Crippen LogP contribution is -2.24. The molecule has 1 fully saturated rings. The third-order valence-electron chi connectivity index (χ3n) is 3.47. The number of aromatic nitrogens is 3. The Balaban J connectivity index is 1.76. The quantitative estimate of drug-likeness (QED) is 0.897. The third kappa shape index (κ3) is 3.21. The lowest BCUT2D eigenvalue weighted by Gasteiger charge is -2.16. The zero-order valence-corrected chi connectivity index (χ0v) is 12.2. The number of benzene rings is 1. The largest absolute Gasteiger partial charge is 0.451 e. The minimum absolute atomic E-state index is 0.0312. The average Bonchev–Trinajstić information content (AvgIpc) is 3.16. The van der Waals surface area contributed by atoms with Crippen LogP contribution < -0.4 is 10.2 Å². The highest BCUT2D eigenvalue weighted by atomic mass is 19.4. The molecule has 0 unspecified atom stereocenters. The fraction of sp³-hybridized carbons (Fsp3) is 0.286. The Morgan fingerprint density at radius 2 is 2.12 bits per heavy atom. The predicted molar refractivity (Wildman–Crippen MR) is 77.4 cm³/mol. The van der Waals surface area contributed by atoms with Crippen molar-refractivity contribution in [3.63, 3.8) is 0 Å². The maximum absolute atomic E-state index is 12.4. The average molecular weight is 339 g/mol. The fourth-order valence-corrected chi connectivity index (χ4v) is 2.35. The van der Waals surface area contributed by atoms with E-state index < -0.39 is 23.9 Å². The molecule has 10 heteroatoms. The molecular weight excluding hydrogens is 327 g/mol. The summed E-state index contributed by atoms with van der Waals surface area (Å²) in [6, 6.07) is 6.26. The molecule has 2 amide bonds. The highest BCUT2D eigenvalue weighted by molar-refractivity contribution is 6.04. The zero-order chi connectivity index (χ0) is 17.3. The summed E-state index contributed by atoms with van der Waals surface area (Å²) in [6.45, 7) is 0.569. The van der Waals surface area contributed by atoms with Crippen molar-refractivity contribution in [2.24, 2.45) is 0 Å². The molecule has 0 bridgehead atoms. The first-order valence-electron chi connectivity index (χ1n) is 7.06. The van der Waals surface area contributed by atoms with Crippen LogP contribution in [0, 0.1) is 0 Å². The van der Waals surface area contributed by atoms with Crippen molar-refractivity contribution >= 4 is 23.5 Å². The first-order valence-corrected chi connectivity index (χ1v) is 7.06. The molecule has 2 heterocycles. The molecule has 1 saturated heterocycles. The van der Waals surface area contributed by atoms with Gasteiger partial charge in [-0.25, -0.2) is 0 Å². The second-order valence-corrected chi connectivity index (χ2v) is 5.16. The van der Waals surface area contributed by atoms with Crippen LogP contribution in [0.2, 0.25) is 0 Å². The van der Waals surface area contributed by atoms with Gasteiger partial charge < -0.3 is 4.90 Å². The van der Waals surface area contributed by atoms with Crippen LogP contribution in [0.1, 0.15) is 29.0 Å². The van der Waals surface area contributed by atoms with Gasteiger partial charge in [-0.3, -0.25) is 20.0 Å². The predicted octanol–water partition coefficient (Wildman–Crippen LogP) is 2.20. The van der Waals surface area contributed by atoms with E-state index in [9.17, 15) is 22.8 Å². The third-order valence-corrected chi connectivity index (χ3v) is 3.47. The number of hydrogen-bond donors (Lipinski definition) is 2. The number of carbonyl (C=O) groups is 2. The SMILES string of the molecule is O=C(Nc1n[nH]c(C(F)(F)F)n1)c1cccc(N2CCCC2=O)c1. The molecule has 24 heavy (non-hydrogen) atoms. The Morgan fingerprint density at radius 3 is 2.75 bits per heavy atom. The summed E-state index contributed by atoms with van der Waals surface area (Å²) in [5.41, 5.74) is 0.752. The number of rotatable bonds is 3. The second kappa shape index (κ2) is 5.95. The molecule has 0 aliphatic carbocycles. The van der Waals surface area contributed by atoms with Crippen LogP contribution in [0.5, 0.6) is 0 Å². The Labute approximate surface area is 133 Å². The number of alkyl halides is 3. The highest BCUT2D eigenvalue weighted by Crippen LogP contribution is 2.26. The molecule has 1 aromatic heterocycles. The van der Waals surface area contributed by atoms with Crippen LogP contribution in [0.25, 0.3) is 0 Å². The van der Waals surface area contributed by atoms with Crippen LogP contribution in [0.4, 0.5) is 24.8 Å². The van der Waals surface area contributed by atoms with Gasteiger partial charge in [-0.15, -0.1) is 5.10 Å². The number of amides is 2. The van der Waals surface area contributed by atoms with E-state index in [2.05, 4.69) is 15.4 Å². The van der Waals surface area contributed by atoms with E-state index in [1.54, 1.807) is 22.1 Å². The van der Waals surface area contributed by atoms with Gasteiger partial charge in [-0.1, -0.05) is 6.07 Å². The normalized spacial score (nSPS) is 15.0. The summed E-state index contributed by atoms with van der Waals surface area (Å²) in [7, 11) is 0. The summed E-state index contributed by atoms with van der Waals surface area (Å²) in [6.07, 6.45) is -3.48. The summed E-state index contributed by atoms with van der Waals surface area (Å²) in [5, 5.41) is 7.20. The van der Waals surface area contributed by atoms with Crippen molar-refractivity contribution in [3.05, 3.63) is 35.7 Å². The van der Waals surface area contributed by atoms with Gasteiger partial charge in [0.05, 0.1) is 0 Å². The topological polar surface area (TPSA) is 91.0 Å². The van der Waals surface area contributed by atoms with Gasteiger partial charge in [0.15, 0.2) is 0 Å². The van der Waals surface area contributed by atoms with Crippen molar-refractivity contribution in [3.8, 4) is 0 Å². The molecular formula is C14H12F3N5O2. The van der Waals surface area contributed by atoms with Gasteiger partial charge in [0.1, 0.15) is 0 Å². The molecule has 1 aliphatic rings. The van der Waals surface area contributed by atoms with Crippen LogP contribution in [0.3, 0.4) is 0 Å². The number of anilines is 2. The van der Waals surface area contributed by atoms with E-state index in [1.807, 2.05) is 0 Å². The van der Waals surface area contributed by atoms with Gasteiger partial charge >= 0.3 is 6.18 Å². The molecule has 0 radical (unpaired) electrons. The zero-order valence-electron chi connectivity index (χ0n) is 12.2. The molecule has 1 aliphatic heterocycles. The smallest absolute Gasteiger partial charge is 0.312 e. The molecule has 1 aromatic carbocycles. The van der Waals surface area contributed by atoms with Gasteiger partial charge in [-0.05, 0) is 24.6 Å². The van der Waals surface area contributed by atoms with E-state index in [-0.39, 0.29) is 11.5 Å². The molecule has 7 nitrogen and oxygen atoms in total. The summed E-state index contributed by atoms with van der Waals surface area (Å²) >= 11 is 0. The number of nitrogens with zero attached hydrogens (tertiary/aromatic N) is 3. The van der Waals surface area contributed by atoms with Crippen LogP contribution >= 0.6 is 0 Å². The Kier molecular flexibility index (Phi) is 3.96. The molecule has 3 rings (SSSR count). The Bertz CT molecular complexity index is 787. The maximum Gasteiger partial charge on any atom is 0.451 e. The standard InChI is InChI=1S/C14H12F3N5O2/c15-14(16,17)12-19-13(21-20-12)18-11(24)8-3-1-4-9(7-8)22-6-2-5-10(22)23/h1,3-4,7H,2,5-6H2,(H2,18,19,20,21,24). The number of halogens is 3. The van der Waals surface area contributed by atoms with Gasteiger partial charge in [-0.2, -0.15) is 18.2 Å². The van der Waals surface area contributed by atoms with E-state index in [0.29, 0.717) is 18.7 Å². The maximum atomic E-state index is 12.4. The fourth-order valence-electron chi connectivity index (χ4n) is 2.35. The Hall–Kier alpha value is -2.91.